The molecule has 1 aliphatic carbocycles. The average molecular weight is 337 g/mol. The minimum Gasteiger partial charge on any atom is -0.339 e. The molecule has 0 bridgehead atoms. The average Bonchev–Trinajstić information content (AvgIpc) is 3.49. The third-order valence-corrected chi connectivity index (χ3v) is 4.89. The Morgan fingerprint density at radius 1 is 1.16 bits per heavy atom. The van der Waals surface area contributed by atoms with E-state index in [0.29, 0.717) is 25.9 Å². The van der Waals surface area contributed by atoms with Crippen LogP contribution >= 0.6 is 0 Å². The zero-order valence-corrected chi connectivity index (χ0v) is 14.3. The molecule has 0 unspecified atom stereocenters. The second-order valence-electron chi connectivity index (χ2n) is 6.70. The van der Waals surface area contributed by atoms with Gasteiger partial charge in [0.25, 0.3) is 0 Å². The Balaban J connectivity index is 1.51. The van der Waals surface area contributed by atoms with Crippen molar-refractivity contribution in [1.82, 2.24) is 9.80 Å². The Kier molecular flexibility index (Phi) is 5.49. The summed E-state index contributed by atoms with van der Waals surface area (Å²) in [6.07, 6.45) is 6.80. The van der Waals surface area contributed by atoms with Gasteiger partial charge < -0.3 is 9.80 Å². The van der Waals surface area contributed by atoms with Gasteiger partial charge in [0.15, 0.2) is 0 Å². The second kappa shape index (κ2) is 7.98. The number of piperidine rings is 1. The highest BCUT2D eigenvalue weighted by atomic mass is 16.2. The summed E-state index contributed by atoms with van der Waals surface area (Å²) in [5, 5.41) is 8.92. The van der Waals surface area contributed by atoms with Gasteiger partial charge in [-0.25, -0.2) is 0 Å². The first-order valence-electron chi connectivity index (χ1n) is 8.88. The van der Waals surface area contributed by atoms with Gasteiger partial charge in [0.05, 0.1) is 6.07 Å². The molecule has 1 saturated heterocycles. The van der Waals surface area contributed by atoms with Crippen LogP contribution in [0.1, 0.15) is 31.2 Å². The summed E-state index contributed by atoms with van der Waals surface area (Å²) in [4.78, 5) is 28.5. The highest BCUT2D eigenvalue weighted by Crippen LogP contribution is 2.30. The van der Waals surface area contributed by atoms with E-state index < -0.39 is 0 Å². The van der Waals surface area contributed by atoms with Gasteiger partial charge in [-0.1, -0.05) is 30.3 Å². The molecule has 1 saturated carbocycles. The Hall–Kier alpha value is -2.61. The van der Waals surface area contributed by atoms with E-state index in [1.165, 1.54) is 0 Å². The Labute approximate surface area is 148 Å². The number of nitriles is 1. The molecular weight excluding hydrogens is 314 g/mol. The zero-order chi connectivity index (χ0) is 17.6. The number of rotatable bonds is 5. The molecule has 25 heavy (non-hydrogen) atoms. The number of likely N-dealkylation sites (tertiary alicyclic amines) is 1. The molecule has 5 heteroatoms. The van der Waals surface area contributed by atoms with Crippen molar-refractivity contribution in [2.75, 3.05) is 19.6 Å². The van der Waals surface area contributed by atoms with E-state index in [2.05, 4.69) is 6.07 Å². The fraction of sp³-hybridized carbons (Fsp3) is 0.450. The molecule has 2 amide bonds. The van der Waals surface area contributed by atoms with Crippen molar-refractivity contribution in [2.45, 2.75) is 31.7 Å². The van der Waals surface area contributed by atoms with Crippen LogP contribution in [0.3, 0.4) is 0 Å². The van der Waals surface area contributed by atoms with E-state index in [1.54, 1.807) is 15.9 Å². The number of carbonyl (C=O) groups excluding carboxylic acids is 2. The predicted octanol–water partition coefficient (Wildman–Crippen LogP) is 2.45. The molecular formula is C20H23N3O2. The maximum absolute atomic E-state index is 12.6. The van der Waals surface area contributed by atoms with Crippen LogP contribution in [0.15, 0.2) is 36.4 Å². The molecule has 0 aromatic heterocycles. The van der Waals surface area contributed by atoms with Gasteiger partial charge in [0.1, 0.15) is 6.54 Å². The fourth-order valence-electron chi connectivity index (χ4n) is 3.27. The van der Waals surface area contributed by atoms with E-state index >= 15 is 0 Å². The molecule has 0 spiro atoms. The van der Waals surface area contributed by atoms with Crippen LogP contribution in [0.25, 0.3) is 6.08 Å². The van der Waals surface area contributed by atoms with Crippen LogP contribution in [-0.4, -0.2) is 47.3 Å². The summed E-state index contributed by atoms with van der Waals surface area (Å²) < 4.78 is 0. The van der Waals surface area contributed by atoms with Crippen LogP contribution in [-0.2, 0) is 9.59 Å². The molecule has 2 fully saturated rings. The van der Waals surface area contributed by atoms with Crippen molar-refractivity contribution in [3.05, 3.63) is 42.0 Å². The van der Waals surface area contributed by atoms with Gasteiger partial charge >= 0.3 is 0 Å². The van der Waals surface area contributed by atoms with Crippen LogP contribution in [0.4, 0.5) is 0 Å². The quantitative estimate of drug-likeness (QED) is 0.612. The normalized spacial score (nSPS) is 18.1. The summed E-state index contributed by atoms with van der Waals surface area (Å²) >= 11 is 0. The topological polar surface area (TPSA) is 64.4 Å². The van der Waals surface area contributed by atoms with Crippen molar-refractivity contribution < 1.29 is 9.59 Å². The first-order chi connectivity index (χ1) is 12.2. The standard InChI is InChI=1S/C20H23N3O2/c21-12-15-23(18-7-8-18)20(25)17-10-13-22(14-11-17)19(24)9-6-16-4-2-1-3-5-16/h1-6,9,17-18H,7-8,10-11,13-15H2. The zero-order valence-electron chi connectivity index (χ0n) is 14.3. The Morgan fingerprint density at radius 3 is 2.44 bits per heavy atom. The third kappa shape index (κ3) is 4.48. The number of hydrogen-bond acceptors (Lipinski definition) is 3. The molecule has 5 nitrogen and oxygen atoms in total. The van der Waals surface area contributed by atoms with Crippen LogP contribution in [0.5, 0.6) is 0 Å². The summed E-state index contributed by atoms with van der Waals surface area (Å²) in [6, 6.07) is 12.1. The van der Waals surface area contributed by atoms with Gasteiger partial charge in [-0.2, -0.15) is 5.26 Å². The molecule has 1 aromatic carbocycles. The SMILES string of the molecule is N#CCN(C(=O)C1CCN(C(=O)C=Cc2ccccc2)CC1)C1CC1. The first-order valence-corrected chi connectivity index (χ1v) is 8.88. The van der Waals surface area contributed by atoms with Crippen molar-refractivity contribution in [3.8, 4) is 6.07 Å². The highest BCUT2D eigenvalue weighted by molar-refractivity contribution is 5.92. The third-order valence-electron chi connectivity index (χ3n) is 4.89. The predicted molar refractivity (Wildman–Crippen MR) is 95.1 cm³/mol. The number of nitrogens with zero attached hydrogens (tertiary/aromatic N) is 3. The largest absolute Gasteiger partial charge is 0.339 e. The van der Waals surface area contributed by atoms with E-state index in [0.717, 1.165) is 18.4 Å². The molecule has 1 heterocycles. The molecule has 3 rings (SSSR count). The number of hydrogen-bond donors (Lipinski definition) is 0. The van der Waals surface area contributed by atoms with E-state index in [1.807, 2.05) is 36.4 Å². The molecule has 0 atom stereocenters. The first kappa shape index (κ1) is 17.2. The van der Waals surface area contributed by atoms with Crippen molar-refractivity contribution in [2.24, 2.45) is 5.92 Å². The lowest BCUT2D eigenvalue weighted by Crippen LogP contribution is -2.44. The van der Waals surface area contributed by atoms with E-state index in [-0.39, 0.29) is 30.3 Å². The molecule has 0 N–H and O–H groups in total. The van der Waals surface area contributed by atoms with Gasteiger partial charge in [-0.15, -0.1) is 0 Å². The van der Waals surface area contributed by atoms with Gasteiger partial charge in [-0.3, -0.25) is 9.59 Å². The lowest BCUT2D eigenvalue weighted by atomic mass is 9.95. The van der Waals surface area contributed by atoms with Crippen LogP contribution in [0.2, 0.25) is 0 Å². The summed E-state index contributed by atoms with van der Waals surface area (Å²) in [7, 11) is 0. The Bertz CT molecular complexity index is 681. The van der Waals surface area contributed by atoms with Crippen LogP contribution in [0, 0.1) is 17.2 Å². The van der Waals surface area contributed by atoms with E-state index in [4.69, 9.17) is 5.26 Å². The molecule has 2 aliphatic rings. The Morgan fingerprint density at radius 2 is 1.84 bits per heavy atom. The molecule has 1 aliphatic heterocycles. The summed E-state index contributed by atoms with van der Waals surface area (Å²) in [5.41, 5.74) is 0.998. The molecule has 0 radical (unpaired) electrons. The van der Waals surface area contributed by atoms with Gasteiger partial charge in [0.2, 0.25) is 11.8 Å². The molecule has 130 valence electrons. The minimum absolute atomic E-state index is 0.00849. The number of carbonyl (C=O) groups is 2. The second-order valence-corrected chi connectivity index (χ2v) is 6.70. The van der Waals surface area contributed by atoms with E-state index in [9.17, 15) is 9.59 Å². The van der Waals surface area contributed by atoms with Crippen LogP contribution < -0.4 is 0 Å². The number of benzene rings is 1. The lowest BCUT2D eigenvalue weighted by Gasteiger charge is -2.33. The fourth-order valence-corrected chi connectivity index (χ4v) is 3.27. The van der Waals surface area contributed by atoms with Gasteiger partial charge in [0, 0.05) is 31.1 Å². The highest BCUT2D eigenvalue weighted by Gasteiger charge is 2.37. The maximum Gasteiger partial charge on any atom is 0.246 e. The number of amides is 2. The minimum atomic E-state index is -0.0592. The van der Waals surface area contributed by atoms with Crippen molar-refractivity contribution in [1.29, 1.82) is 5.26 Å². The molecule has 1 aromatic rings. The lowest BCUT2D eigenvalue weighted by molar-refractivity contribution is -0.139. The summed E-state index contributed by atoms with van der Waals surface area (Å²) in [5.74, 6) is 0.0258. The maximum atomic E-state index is 12.6. The van der Waals surface area contributed by atoms with Crippen molar-refractivity contribution in [3.63, 3.8) is 0 Å². The smallest absolute Gasteiger partial charge is 0.246 e. The summed E-state index contributed by atoms with van der Waals surface area (Å²) in [6.45, 7) is 1.38. The van der Waals surface area contributed by atoms with Gasteiger partial charge in [-0.05, 0) is 37.3 Å². The monoisotopic (exact) mass is 337 g/mol. The van der Waals surface area contributed by atoms with Crippen molar-refractivity contribution >= 4 is 17.9 Å².